The van der Waals surface area contributed by atoms with Gasteiger partial charge in [-0.15, -0.1) is 0 Å². The molecule has 0 spiro atoms. The van der Waals surface area contributed by atoms with Gasteiger partial charge in [-0.1, -0.05) is 0 Å². The molecule has 0 bridgehead atoms. The number of benzene rings is 1. The molecule has 0 radical (unpaired) electrons. The molecule has 1 aromatic rings. The summed E-state index contributed by atoms with van der Waals surface area (Å²) >= 11 is 3.26. The highest BCUT2D eigenvalue weighted by Gasteiger charge is 2.24. The van der Waals surface area contributed by atoms with Crippen molar-refractivity contribution in [1.82, 2.24) is 4.90 Å². The Balaban J connectivity index is 2.33. The van der Waals surface area contributed by atoms with E-state index in [1.54, 1.807) is 13.0 Å². The van der Waals surface area contributed by atoms with Gasteiger partial charge in [-0.05, 0) is 35.0 Å². The largest absolute Gasteiger partial charge is 0.482 e. The van der Waals surface area contributed by atoms with Gasteiger partial charge < -0.3 is 20.1 Å². The fourth-order valence-electron chi connectivity index (χ4n) is 1.92. The Kier molecular flexibility index (Phi) is 4.46. The number of rotatable bonds is 4. The average Bonchev–Trinajstić information content (AvgIpc) is 2.43. The van der Waals surface area contributed by atoms with Crippen molar-refractivity contribution in [3.05, 3.63) is 22.2 Å². The Morgan fingerprint density at radius 2 is 2.19 bits per heavy atom. The minimum Gasteiger partial charge on any atom is -0.482 e. The van der Waals surface area contributed by atoms with Crippen molar-refractivity contribution in [3.8, 4) is 5.75 Å². The summed E-state index contributed by atoms with van der Waals surface area (Å²) in [6.45, 7) is 1.47. The van der Waals surface area contributed by atoms with Crippen LogP contribution in [-0.4, -0.2) is 47.5 Å². The molecule has 0 aliphatic carbocycles. The van der Waals surface area contributed by atoms with Gasteiger partial charge in [0.15, 0.2) is 6.61 Å². The van der Waals surface area contributed by atoms with E-state index in [4.69, 9.17) is 9.84 Å². The van der Waals surface area contributed by atoms with Gasteiger partial charge in [-0.25, -0.2) is 0 Å². The first-order valence-corrected chi connectivity index (χ1v) is 6.99. The first-order chi connectivity index (χ1) is 9.92. The number of halogens is 1. The van der Waals surface area contributed by atoms with Crippen molar-refractivity contribution < 1.29 is 24.2 Å². The third kappa shape index (κ3) is 3.33. The number of amides is 2. The molecule has 8 heteroatoms. The Morgan fingerprint density at radius 1 is 1.48 bits per heavy atom. The van der Waals surface area contributed by atoms with Crippen LogP contribution in [0.15, 0.2) is 16.6 Å². The van der Waals surface area contributed by atoms with Crippen molar-refractivity contribution in [1.29, 1.82) is 0 Å². The van der Waals surface area contributed by atoms with Gasteiger partial charge in [0.05, 0.1) is 11.3 Å². The molecule has 21 heavy (non-hydrogen) atoms. The first-order valence-electron chi connectivity index (χ1n) is 6.19. The Hall–Kier alpha value is -2.09. The molecule has 1 aliphatic heterocycles. The second kappa shape index (κ2) is 6.13. The topological polar surface area (TPSA) is 95.9 Å². The van der Waals surface area contributed by atoms with E-state index < -0.39 is 11.9 Å². The number of carbonyl (C=O) groups excluding carboxylic acids is 2. The van der Waals surface area contributed by atoms with Crippen LogP contribution in [-0.2, 0) is 9.59 Å². The predicted octanol–water partition coefficient (Wildman–Crippen LogP) is 1.33. The lowest BCUT2D eigenvalue weighted by Crippen LogP contribution is -2.35. The second-order valence-electron chi connectivity index (χ2n) is 4.38. The predicted molar refractivity (Wildman–Crippen MR) is 77.5 cm³/mol. The van der Waals surface area contributed by atoms with Crippen LogP contribution < -0.4 is 10.1 Å². The molecule has 0 fully saturated rings. The minimum atomic E-state index is -1.08. The van der Waals surface area contributed by atoms with E-state index in [1.807, 2.05) is 0 Å². The van der Waals surface area contributed by atoms with Gasteiger partial charge in [0.2, 0.25) is 0 Å². The van der Waals surface area contributed by atoms with Crippen LogP contribution in [0.2, 0.25) is 0 Å². The van der Waals surface area contributed by atoms with Gasteiger partial charge in [0.1, 0.15) is 12.3 Å². The number of fused-ring (bicyclic) bond motifs is 1. The van der Waals surface area contributed by atoms with Gasteiger partial charge >= 0.3 is 5.97 Å². The summed E-state index contributed by atoms with van der Waals surface area (Å²) in [5.74, 6) is -1.39. The van der Waals surface area contributed by atoms with Gasteiger partial charge in [0.25, 0.3) is 11.8 Å². The first kappa shape index (κ1) is 15.3. The smallest absolute Gasteiger partial charge is 0.323 e. The van der Waals surface area contributed by atoms with Crippen LogP contribution in [0, 0.1) is 0 Å². The van der Waals surface area contributed by atoms with E-state index in [2.05, 4.69) is 21.2 Å². The SMILES string of the molecule is CCN(CC(=O)O)C(=O)c1cc2c(cc1Br)NC(=O)CO2. The summed E-state index contributed by atoms with van der Waals surface area (Å²) in [5, 5.41) is 11.5. The molecule has 0 saturated carbocycles. The maximum absolute atomic E-state index is 12.4. The van der Waals surface area contributed by atoms with Crippen LogP contribution >= 0.6 is 15.9 Å². The number of aliphatic carboxylic acids is 1. The van der Waals surface area contributed by atoms with Crippen molar-refractivity contribution >= 4 is 39.4 Å². The molecular weight excluding hydrogens is 344 g/mol. The molecule has 0 atom stereocenters. The lowest BCUT2D eigenvalue weighted by Gasteiger charge is -2.22. The van der Waals surface area contributed by atoms with Crippen LogP contribution in [0.4, 0.5) is 5.69 Å². The molecule has 1 aromatic carbocycles. The third-order valence-electron chi connectivity index (χ3n) is 2.93. The highest BCUT2D eigenvalue weighted by Crippen LogP contribution is 2.34. The summed E-state index contributed by atoms with van der Waals surface area (Å²) < 4.78 is 5.72. The number of carboxylic acids is 1. The average molecular weight is 357 g/mol. The van der Waals surface area contributed by atoms with E-state index >= 15 is 0 Å². The van der Waals surface area contributed by atoms with Crippen LogP contribution in [0.1, 0.15) is 17.3 Å². The lowest BCUT2D eigenvalue weighted by molar-refractivity contribution is -0.137. The van der Waals surface area contributed by atoms with Crippen LogP contribution in [0.5, 0.6) is 5.75 Å². The zero-order valence-corrected chi connectivity index (χ0v) is 12.8. The number of carbonyl (C=O) groups is 3. The molecule has 2 N–H and O–H groups in total. The van der Waals surface area contributed by atoms with Crippen molar-refractivity contribution in [2.24, 2.45) is 0 Å². The molecule has 0 aromatic heterocycles. The number of nitrogens with zero attached hydrogens (tertiary/aromatic N) is 1. The van der Waals surface area contributed by atoms with Gasteiger partial charge in [-0.2, -0.15) is 0 Å². The van der Waals surface area contributed by atoms with E-state index in [9.17, 15) is 14.4 Å². The maximum atomic E-state index is 12.4. The quantitative estimate of drug-likeness (QED) is 0.848. The molecule has 2 amide bonds. The van der Waals surface area contributed by atoms with E-state index in [-0.39, 0.29) is 31.2 Å². The number of carboxylic acid groups (broad SMARTS) is 1. The maximum Gasteiger partial charge on any atom is 0.323 e. The molecule has 1 aliphatic rings. The second-order valence-corrected chi connectivity index (χ2v) is 5.23. The van der Waals surface area contributed by atoms with E-state index in [0.29, 0.717) is 15.9 Å². The zero-order chi connectivity index (χ0) is 15.6. The number of hydrogen-bond acceptors (Lipinski definition) is 4. The number of hydrogen-bond donors (Lipinski definition) is 2. The van der Waals surface area contributed by atoms with E-state index in [1.165, 1.54) is 11.0 Å². The summed E-state index contributed by atoms with van der Waals surface area (Å²) in [6.07, 6.45) is 0. The molecule has 1 heterocycles. The lowest BCUT2D eigenvalue weighted by atomic mass is 10.1. The fourth-order valence-corrected chi connectivity index (χ4v) is 2.44. The van der Waals surface area contributed by atoms with Gasteiger partial charge in [0, 0.05) is 11.0 Å². The molecule has 7 nitrogen and oxygen atoms in total. The Labute approximate surface area is 129 Å². The standard InChI is InChI=1S/C13H13BrN2O5/c1-2-16(5-12(18)19)13(20)7-3-10-9(4-8(7)14)15-11(17)6-21-10/h3-4H,2,5-6H2,1H3,(H,15,17)(H,18,19). The van der Waals surface area contributed by atoms with Crippen molar-refractivity contribution in [3.63, 3.8) is 0 Å². The molecule has 0 unspecified atom stereocenters. The molecule has 112 valence electrons. The monoisotopic (exact) mass is 356 g/mol. The van der Waals surface area contributed by atoms with Crippen molar-refractivity contribution in [2.45, 2.75) is 6.92 Å². The minimum absolute atomic E-state index is 0.116. The van der Waals surface area contributed by atoms with Gasteiger partial charge in [-0.3, -0.25) is 14.4 Å². The number of ether oxygens (including phenoxy) is 1. The molecule has 0 saturated heterocycles. The van der Waals surface area contributed by atoms with Crippen molar-refractivity contribution in [2.75, 3.05) is 25.0 Å². The summed E-state index contributed by atoms with van der Waals surface area (Å²) in [4.78, 5) is 35.6. The van der Waals surface area contributed by atoms with E-state index in [0.717, 1.165) is 0 Å². The summed E-state index contributed by atoms with van der Waals surface area (Å²) in [5.41, 5.74) is 0.754. The number of anilines is 1. The molecular formula is C13H13BrN2O5. The Bertz CT molecular complexity index is 617. The van der Waals surface area contributed by atoms with Crippen LogP contribution in [0.3, 0.4) is 0 Å². The Morgan fingerprint density at radius 3 is 2.81 bits per heavy atom. The highest BCUT2D eigenvalue weighted by atomic mass is 79.9. The fraction of sp³-hybridized carbons (Fsp3) is 0.308. The number of likely N-dealkylation sites (N-methyl/N-ethyl adjacent to an activating group) is 1. The third-order valence-corrected chi connectivity index (χ3v) is 3.58. The zero-order valence-electron chi connectivity index (χ0n) is 11.2. The summed E-state index contributed by atoms with van der Waals surface area (Å²) in [7, 11) is 0. The number of nitrogens with one attached hydrogen (secondary N) is 1. The molecule has 2 rings (SSSR count). The highest BCUT2D eigenvalue weighted by molar-refractivity contribution is 9.10. The summed E-state index contributed by atoms with van der Waals surface area (Å²) in [6, 6.07) is 3.06. The van der Waals surface area contributed by atoms with Crippen LogP contribution in [0.25, 0.3) is 0 Å². The normalized spacial score (nSPS) is 13.0.